The van der Waals surface area contributed by atoms with Gasteiger partial charge >= 0.3 is 0 Å². The molecule has 100 valence electrons. The van der Waals surface area contributed by atoms with E-state index in [1.165, 1.54) is 24.8 Å². The van der Waals surface area contributed by atoms with Crippen molar-refractivity contribution in [1.82, 2.24) is 10.3 Å². The number of rotatable bonds is 5. The number of hydrogen-bond donors (Lipinski definition) is 1. The van der Waals surface area contributed by atoms with Crippen LogP contribution >= 0.6 is 0 Å². The molecular weight excluding hydrogens is 240 g/mol. The molecule has 1 aliphatic carbocycles. The van der Waals surface area contributed by atoms with E-state index in [9.17, 15) is 0 Å². The van der Waals surface area contributed by atoms with Crippen LogP contribution in [0.25, 0.3) is 11.3 Å². The molecule has 1 heterocycles. The summed E-state index contributed by atoms with van der Waals surface area (Å²) < 4.78 is 11.0. The number of hydrogen-bond acceptors (Lipinski definition) is 4. The minimum atomic E-state index is 0.656. The van der Waals surface area contributed by atoms with Crippen LogP contribution in [0.1, 0.15) is 24.1 Å². The zero-order valence-electron chi connectivity index (χ0n) is 11.3. The van der Waals surface area contributed by atoms with Gasteiger partial charge in [-0.15, -0.1) is 0 Å². The van der Waals surface area contributed by atoms with Gasteiger partial charge < -0.3 is 14.5 Å². The summed E-state index contributed by atoms with van der Waals surface area (Å²) in [6, 6.07) is 6.72. The molecule has 4 nitrogen and oxygen atoms in total. The van der Waals surface area contributed by atoms with E-state index in [4.69, 9.17) is 9.15 Å². The smallest absolute Gasteiger partial charge is 0.181 e. The lowest BCUT2D eigenvalue weighted by Gasteiger charge is -2.09. The Morgan fingerprint density at radius 2 is 2.26 bits per heavy atom. The van der Waals surface area contributed by atoms with Crippen LogP contribution in [0, 0.1) is 6.92 Å². The van der Waals surface area contributed by atoms with Gasteiger partial charge in [-0.2, -0.15) is 0 Å². The summed E-state index contributed by atoms with van der Waals surface area (Å²) in [5.41, 5.74) is 3.08. The molecule has 1 fully saturated rings. The molecule has 0 radical (unpaired) electrons. The molecular formula is C15H18N2O2. The molecule has 0 spiro atoms. The highest BCUT2D eigenvalue weighted by molar-refractivity contribution is 5.68. The van der Waals surface area contributed by atoms with Crippen molar-refractivity contribution in [3.63, 3.8) is 0 Å². The summed E-state index contributed by atoms with van der Waals surface area (Å²) >= 11 is 0. The van der Waals surface area contributed by atoms with Gasteiger partial charge in [0.1, 0.15) is 11.4 Å². The van der Waals surface area contributed by atoms with Crippen molar-refractivity contribution < 1.29 is 9.15 Å². The number of oxazole rings is 1. The Morgan fingerprint density at radius 3 is 3.00 bits per heavy atom. The third-order valence-corrected chi connectivity index (χ3v) is 3.38. The Bertz CT molecular complexity index is 573. The predicted molar refractivity (Wildman–Crippen MR) is 73.1 cm³/mol. The second-order valence-electron chi connectivity index (χ2n) is 4.99. The van der Waals surface area contributed by atoms with Crippen LogP contribution in [0.3, 0.4) is 0 Å². The van der Waals surface area contributed by atoms with E-state index in [2.05, 4.69) is 23.3 Å². The van der Waals surface area contributed by atoms with Crippen molar-refractivity contribution in [3.05, 3.63) is 35.9 Å². The van der Waals surface area contributed by atoms with Crippen molar-refractivity contribution >= 4 is 0 Å². The summed E-state index contributed by atoms with van der Waals surface area (Å²) in [5, 5.41) is 3.46. The molecule has 0 atom stereocenters. The number of aryl methyl sites for hydroxylation is 1. The topological polar surface area (TPSA) is 47.3 Å². The van der Waals surface area contributed by atoms with Crippen LogP contribution in [-0.2, 0) is 6.54 Å². The maximum Gasteiger partial charge on any atom is 0.181 e. The largest absolute Gasteiger partial charge is 0.496 e. The minimum Gasteiger partial charge on any atom is -0.496 e. The third-order valence-electron chi connectivity index (χ3n) is 3.38. The van der Waals surface area contributed by atoms with Crippen molar-refractivity contribution in [3.8, 4) is 17.1 Å². The number of aromatic nitrogens is 1. The Labute approximate surface area is 112 Å². The van der Waals surface area contributed by atoms with Crippen molar-refractivity contribution in [2.24, 2.45) is 0 Å². The molecule has 1 saturated carbocycles. The fourth-order valence-corrected chi connectivity index (χ4v) is 2.14. The summed E-state index contributed by atoms with van der Waals surface area (Å²) in [5.74, 6) is 1.61. The van der Waals surface area contributed by atoms with Gasteiger partial charge in [0.15, 0.2) is 12.2 Å². The van der Waals surface area contributed by atoms with E-state index in [1.54, 1.807) is 7.11 Å². The molecule has 19 heavy (non-hydrogen) atoms. The lowest BCUT2D eigenvalue weighted by atomic mass is 10.1. The van der Waals surface area contributed by atoms with Crippen LogP contribution in [-0.4, -0.2) is 18.1 Å². The molecule has 0 unspecified atom stereocenters. The van der Waals surface area contributed by atoms with E-state index < -0.39 is 0 Å². The maximum absolute atomic E-state index is 5.57. The molecule has 0 amide bonds. The van der Waals surface area contributed by atoms with E-state index >= 15 is 0 Å². The molecule has 2 aromatic rings. The summed E-state index contributed by atoms with van der Waals surface area (Å²) in [7, 11) is 1.67. The molecule has 4 heteroatoms. The SMILES string of the molecule is COc1ccc(C)cc1-c1ocnc1CNC1CC1. The first-order valence-electron chi connectivity index (χ1n) is 6.58. The number of ether oxygens (including phenoxy) is 1. The number of methoxy groups -OCH3 is 1. The number of benzene rings is 1. The first-order chi connectivity index (χ1) is 9.28. The lowest BCUT2D eigenvalue weighted by molar-refractivity contribution is 0.414. The van der Waals surface area contributed by atoms with Crippen LogP contribution in [0.4, 0.5) is 0 Å². The average Bonchev–Trinajstić information content (AvgIpc) is 3.13. The Hall–Kier alpha value is -1.81. The molecule has 1 N–H and O–H groups in total. The first-order valence-corrected chi connectivity index (χ1v) is 6.58. The van der Waals surface area contributed by atoms with Crippen molar-refractivity contribution in [2.45, 2.75) is 32.4 Å². The highest BCUT2D eigenvalue weighted by Crippen LogP contribution is 2.33. The molecule has 0 saturated heterocycles. The zero-order chi connectivity index (χ0) is 13.2. The number of nitrogens with one attached hydrogen (secondary N) is 1. The maximum atomic E-state index is 5.57. The normalized spacial score (nSPS) is 14.6. The molecule has 3 rings (SSSR count). The van der Waals surface area contributed by atoms with Crippen LogP contribution < -0.4 is 10.1 Å². The van der Waals surface area contributed by atoms with Gasteiger partial charge in [-0.1, -0.05) is 11.6 Å². The van der Waals surface area contributed by atoms with Crippen LogP contribution in [0.2, 0.25) is 0 Å². The summed E-state index contributed by atoms with van der Waals surface area (Å²) in [4.78, 5) is 4.31. The van der Waals surface area contributed by atoms with Gasteiger partial charge in [-0.25, -0.2) is 4.98 Å². The van der Waals surface area contributed by atoms with E-state index in [0.717, 1.165) is 29.3 Å². The Morgan fingerprint density at radius 1 is 1.42 bits per heavy atom. The fourth-order valence-electron chi connectivity index (χ4n) is 2.14. The van der Waals surface area contributed by atoms with E-state index in [0.29, 0.717) is 6.04 Å². The molecule has 0 bridgehead atoms. The highest BCUT2D eigenvalue weighted by atomic mass is 16.5. The third kappa shape index (κ3) is 2.63. The Balaban J connectivity index is 1.92. The lowest BCUT2D eigenvalue weighted by Crippen LogP contribution is -2.16. The van der Waals surface area contributed by atoms with Gasteiger partial charge in [0, 0.05) is 12.6 Å². The summed E-state index contributed by atoms with van der Waals surface area (Å²) in [6.45, 7) is 2.80. The molecule has 0 aliphatic heterocycles. The second kappa shape index (κ2) is 5.05. The monoisotopic (exact) mass is 258 g/mol. The molecule has 1 aromatic heterocycles. The van der Waals surface area contributed by atoms with Crippen LogP contribution in [0.15, 0.2) is 29.0 Å². The van der Waals surface area contributed by atoms with E-state index in [1.807, 2.05) is 12.1 Å². The van der Waals surface area contributed by atoms with Crippen molar-refractivity contribution in [2.75, 3.05) is 7.11 Å². The first kappa shape index (κ1) is 12.2. The number of nitrogens with zero attached hydrogens (tertiary/aromatic N) is 1. The van der Waals surface area contributed by atoms with Gasteiger partial charge in [0.05, 0.1) is 12.7 Å². The van der Waals surface area contributed by atoms with Crippen molar-refractivity contribution in [1.29, 1.82) is 0 Å². The second-order valence-corrected chi connectivity index (χ2v) is 4.99. The van der Waals surface area contributed by atoms with Gasteiger partial charge in [-0.3, -0.25) is 0 Å². The predicted octanol–water partition coefficient (Wildman–Crippen LogP) is 2.91. The highest BCUT2D eigenvalue weighted by Gasteiger charge is 2.22. The fraction of sp³-hybridized carbons (Fsp3) is 0.400. The quantitative estimate of drug-likeness (QED) is 0.895. The van der Waals surface area contributed by atoms with Gasteiger partial charge in [0.2, 0.25) is 0 Å². The minimum absolute atomic E-state index is 0.656. The van der Waals surface area contributed by atoms with Gasteiger partial charge in [-0.05, 0) is 31.9 Å². The average molecular weight is 258 g/mol. The van der Waals surface area contributed by atoms with Crippen LogP contribution in [0.5, 0.6) is 5.75 Å². The Kier molecular flexibility index (Phi) is 3.25. The molecule has 1 aliphatic rings. The van der Waals surface area contributed by atoms with E-state index in [-0.39, 0.29) is 0 Å². The standard InChI is InChI=1S/C15H18N2O2/c1-10-3-6-14(18-2)12(7-10)15-13(17-9-19-15)8-16-11-4-5-11/h3,6-7,9,11,16H,4-5,8H2,1-2H3. The molecule has 1 aromatic carbocycles. The zero-order valence-corrected chi connectivity index (χ0v) is 11.3. The van der Waals surface area contributed by atoms with Gasteiger partial charge in [0.25, 0.3) is 0 Å². The summed E-state index contributed by atoms with van der Waals surface area (Å²) in [6.07, 6.45) is 4.03.